The van der Waals surface area contributed by atoms with E-state index in [1.807, 2.05) is 37.3 Å². The largest absolute Gasteiger partial charge is 0.447 e. The molecule has 0 N–H and O–H groups in total. The lowest BCUT2D eigenvalue weighted by Gasteiger charge is -2.31. The van der Waals surface area contributed by atoms with Crippen LogP contribution < -0.4 is 0 Å². The number of alkyl halides is 1. The number of hydrogen-bond donors (Lipinski definition) is 0. The van der Waals surface area contributed by atoms with Crippen LogP contribution in [0.4, 0.5) is 9.18 Å². The van der Waals surface area contributed by atoms with E-state index >= 15 is 4.39 Å². The highest BCUT2D eigenvalue weighted by Crippen LogP contribution is 2.34. The first-order chi connectivity index (χ1) is 11.0. The lowest BCUT2D eigenvalue weighted by Crippen LogP contribution is -2.51. The van der Waals surface area contributed by atoms with Crippen LogP contribution in [0, 0.1) is 0 Å². The van der Waals surface area contributed by atoms with E-state index in [1.54, 1.807) is 6.08 Å². The average Bonchev–Trinajstić information content (AvgIpc) is 2.91. The molecule has 3 rings (SSSR count). The van der Waals surface area contributed by atoms with Crippen molar-refractivity contribution in [3.63, 3.8) is 0 Å². The summed E-state index contributed by atoms with van der Waals surface area (Å²) < 4.78 is 20.0. The zero-order valence-corrected chi connectivity index (χ0v) is 13.1. The minimum Gasteiger partial charge on any atom is -0.447 e. The number of rotatable bonds is 3. The monoisotopic (exact) mass is 317 g/mol. The van der Waals surface area contributed by atoms with Crippen LogP contribution in [0.5, 0.6) is 0 Å². The van der Waals surface area contributed by atoms with Crippen LogP contribution in [0.3, 0.4) is 0 Å². The van der Waals surface area contributed by atoms with Crippen LogP contribution in [-0.2, 0) is 16.0 Å². The van der Waals surface area contributed by atoms with Gasteiger partial charge in [-0.2, -0.15) is 0 Å². The summed E-state index contributed by atoms with van der Waals surface area (Å²) in [5, 5.41) is 0. The lowest BCUT2D eigenvalue weighted by molar-refractivity contribution is -0.142. The number of hydrogen-bond acceptors (Lipinski definition) is 3. The maximum absolute atomic E-state index is 15.0. The minimum atomic E-state index is -2.00. The second-order valence-corrected chi connectivity index (χ2v) is 6.32. The molecule has 1 aliphatic heterocycles. The molecule has 0 radical (unpaired) electrons. The van der Waals surface area contributed by atoms with Gasteiger partial charge in [-0.1, -0.05) is 42.0 Å². The van der Waals surface area contributed by atoms with Crippen molar-refractivity contribution in [1.82, 2.24) is 4.90 Å². The molecule has 4 nitrogen and oxygen atoms in total. The van der Waals surface area contributed by atoms with Crippen molar-refractivity contribution in [3.05, 3.63) is 47.5 Å². The van der Waals surface area contributed by atoms with Gasteiger partial charge >= 0.3 is 6.09 Å². The van der Waals surface area contributed by atoms with E-state index in [0.29, 0.717) is 12.8 Å². The second-order valence-electron chi connectivity index (χ2n) is 6.32. The molecule has 1 aliphatic carbocycles. The van der Waals surface area contributed by atoms with Gasteiger partial charge in [-0.3, -0.25) is 4.79 Å². The Balaban J connectivity index is 1.78. The van der Waals surface area contributed by atoms with Gasteiger partial charge in [-0.15, -0.1) is 0 Å². The van der Waals surface area contributed by atoms with Gasteiger partial charge in [0.2, 0.25) is 0 Å². The number of allylic oxidation sites excluding steroid dienone is 2. The van der Waals surface area contributed by atoms with E-state index in [-0.39, 0.29) is 19.4 Å². The van der Waals surface area contributed by atoms with Crippen molar-refractivity contribution in [3.8, 4) is 0 Å². The van der Waals surface area contributed by atoms with Crippen LogP contribution in [0.15, 0.2) is 42.0 Å². The Bertz CT molecular complexity index is 643. The molecule has 2 aliphatic rings. The molecule has 0 saturated carbocycles. The van der Waals surface area contributed by atoms with Crippen LogP contribution in [0.1, 0.15) is 31.7 Å². The fourth-order valence-corrected chi connectivity index (χ4v) is 3.09. The molecule has 0 aromatic heterocycles. The Labute approximate surface area is 134 Å². The van der Waals surface area contributed by atoms with Gasteiger partial charge in [0.25, 0.3) is 5.91 Å². The Hall–Kier alpha value is -2.17. The Morgan fingerprint density at radius 2 is 2.13 bits per heavy atom. The van der Waals surface area contributed by atoms with Gasteiger partial charge in [0.05, 0.1) is 6.04 Å². The Kier molecular flexibility index (Phi) is 4.20. The number of nitrogens with zero attached hydrogens (tertiary/aromatic N) is 1. The molecule has 0 spiro atoms. The average molecular weight is 317 g/mol. The fourth-order valence-electron chi connectivity index (χ4n) is 3.09. The van der Waals surface area contributed by atoms with E-state index < -0.39 is 23.7 Å². The van der Waals surface area contributed by atoms with E-state index in [9.17, 15) is 9.59 Å². The van der Waals surface area contributed by atoms with Crippen molar-refractivity contribution >= 4 is 12.0 Å². The summed E-state index contributed by atoms with van der Waals surface area (Å²) in [6.45, 7) is 2.04. The maximum Gasteiger partial charge on any atom is 0.417 e. The molecule has 5 heteroatoms. The predicted octanol–water partition coefficient (Wildman–Crippen LogP) is 3.42. The molecule has 1 saturated heterocycles. The normalized spacial score (nSPS) is 27.6. The lowest BCUT2D eigenvalue weighted by atomic mass is 9.86. The van der Waals surface area contributed by atoms with Gasteiger partial charge < -0.3 is 4.74 Å². The quantitative estimate of drug-likeness (QED) is 0.803. The number of carbonyl (C=O) groups excluding carboxylic acids is 2. The highest BCUT2D eigenvalue weighted by molar-refractivity contribution is 5.98. The van der Waals surface area contributed by atoms with Crippen molar-refractivity contribution in [2.24, 2.45) is 0 Å². The number of ether oxygens (including phenoxy) is 1. The number of cyclic esters (lactones) is 1. The summed E-state index contributed by atoms with van der Waals surface area (Å²) in [6, 6.07) is 9.08. The summed E-state index contributed by atoms with van der Waals surface area (Å²) in [6.07, 6.45) is 2.17. The summed E-state index contributed by atoms with van der Waals surface area (Å²) in [4.78, 5) is 25.6. The zero-order chi connectivity index (χ0) is 16.4. The van der Waals surface area contributed by atoms with E-state index in [1.165, 1.54) is 0 Å². The minimum absolute atomic E-state index is 0.0273. The van der Waals surface area contributed by atoms with Gasteiger partial charge in [-0.25, -0.2) is 14.1 Å². The van der Waals surface area contributed by atoms with Crippen LogP contribution in [0.2, 0.25) is 0 Å². The standard InChI is InChI=1S/C18H20FNO3/c1-13-7-9-18(19,10-8-13)16(21)20-15(12-23-17(20)22)11-14-5-3-2-4-6-14/h2-7,15H,8-12H2,1H3/t15-,18+/m0/s1. The second kappa shape index (κ2) is 6.14. The van der Waals surface area contributed by atoms with E-state index in [2.05, 4.69) is 0 Å². The highest BCUT2D eigenvalue weighted by Gasteiger charge is 2.49. The highest BCUT2D eigenvalue weighted by atomic mass is 19.1. The molecule has 1 aromatic rings. The molecule has 1 fully saturated rings. The third-order valence-corrected chi connectivity index (χ3v) is 4.57. The molecule has 122 valence electrons. The molecule has 2 atom stereocenters. The van der Waals surface area contributed by atoms with E-state index in [0.717, 1.165) is 16.0 Å². The molecule has 1 heterocycles. The number of halogens is 1. The van der Waals surface area contributed by atoms with Crippen LogP contribution >= 0.6 is 0 Å². The van der Waals surface area contributed by atoms with Gasteiger partial charge in [0.1, 0.15) is 6.61 Å². The molecule has 0 unspecified atom stereocenters. The van der Waals surface area contributed by atoms with Crippen molar-refractivity contribution in [1.29, 1.82) is 0 Å². The van der Waals surface area contributed by atoms with Gasteiger partial charge in [0, 0.05) is 6.42 Å². The first kappa shape index (κ1) is 15.7. The van der Waals surface area contributed by atoms with Crippen molar-refractivity contribution in [2.45, 2.75) is 44.3 Å². The summed E-state index contributed by atoms with van der Waals surface area (Å²) in [7, 11) is 0. The molecular weight excluding hydrogens is 297 g/mol. The SMILES string of the molecule is CC1=CC[C@](F)(C(=O)N2C(=O)OC[C@@H]2Cc2ccccc2)CC1. The number of carbonyl (C=O) groups is 2. The number of imide groups is 1. The zero-order valence-electron chi connectivity index (χ0n) is 13.1. The topological polar surface area (TPSA) is 46.6 Å². The fraction of sp³-hybridized carbons (Fsp3) is 0.444. The smallest absolute Gasteiger partial charge is 0.417 e. The number of benzene rings is 1. The van der Waals surface area contributed by atoms with Crippen LogP contribution in [-0.4, -0.2) is 35.2 Å². The summed E-state index contributed by atoms with van der Waals surface area (Å²) in [5.74, 6) is -0.760. The van der Waals surface area contributed by atoms with Gasteiger partial charge in [-0.05, 0) is 31.7 Å². The Morgan fingerprint density at radius 1 is 1.39 bits per heavy atom. The van der Waals surface area contributed by atoms with Crippen LogP contribution in [0.25, 0.3) is 0 Å². The molecule has 2 amide bonds. The maximum atomic E-state index is 15.0. The van der Waals surface area contributed by atoms with Crippen molar-refractivity contribution in [2.75, 3.05) is 6.61 Å². The predicted molar refractivity (Wildman–Crippen MR) is 83.6 cm³/mol. The summed E-state index contributed by atoms with van der Waals surface area (Å²) in [5.41, 5.74) is 0.0643. The molecule has 0 bridgehead atoms. The number of amides is 2. The molecule has 1 aromatic carbocycles. The van der Waals surface area contributed by atoms with Gasteiger partial charge in [0.15, 0.2) is 5.67 Å². The first-order valence-corrected chi connectivity index (χ1v) is 7.88. The first-order valence-electron chi connectivity index (χ1n) is 7.88. The summed E-state index contributed by atoms with van der Waals surface area (Å²) >= 11 is 0. The van der Waals surface area contributed by atoms with E-state index in [4.69, 9.17) is 4.74 Å². The Morgan fingerprint density at radius 3 is 2.78 bits per heavy atom. The third kappa shape index (κ3) is 3.14. The third-order valence-electron chi connectivity index (χ3n) is 4.57. The van der Waals surface area contributed by atoms with Crippen molar-refractivity contribution < 1.29 is 18.7 Å². The molecular formula is C18H20FNO3. The molecule has 23 heavy (non-hydrogen) atoms.